The van der Waals surface area contributed by atoms with Crippen LogP contribution in [0.3, 0.4) is 0 Å². The largest absolute Gasteiger partial charge is 0.311 e. The average Bonchev–Trinajstić information content (AvgIpc) is 2.96. The van der Waals surface area contributed by atoms with Gasteiger partial charge in [-0.05, 0) is 46.1 Å². The zero-order chi connectivity index (χ0) is 19.4. The molecule has 0 aliphatic rings. The molecule has 3 rings (SSSR count). The van der Waals surface area contributed by atoms with E-state index in [9.17, 15) is 4.79 Å². The molecule has 0 atom stereocenters. The lowest BCUT2D eigenvalue weighted by atomic mass is 10.1. The predicted molar refractivity (Wildman–Crippen MR) is 106 cm³/mol. The Morgan fingerprint density at radius 3 is 2.44 bits per heavy atom. The van der Waals surface area contributed by atoms with E-state index in [1.54, 1.807) is 4.68 Å². The predicted octanol–water partition coefficient (Wildman–Crippen LogP) is 3.86. The molecule has 1 N–H and O–H groups in total. The van der Waals surface area contributed by atoms with Crippen molar-refractivity contribution in [1.29, 1.82) is 0 Å². The van der Waals surface area contributed by atoms with E-state index in [0.29, 0.717) is 23.9 Å². The second-order valence-corrected chi connectivity index (χ2v) is 6.88. The third kappa shape index (κ3) is 5.00. The van der Waals surface area contributed by atoms with Gasteiger partial charge in [0.1, 0.15) is 11.6 Å². The number of aryl methyl sites for hydroxylation is 5. The van der Waals surface area contributed by atoms with Gasteiger partial charge in [0.2, 0.25) is 5.91 Å². The number of amides is 1. The van der Waals surface area contributed by atoms with E-state index in [4.69, 9.17) is 0 Å². The van der Waals surface area contributed by atoms with Crippen LogP contribution in [0.1, 0.15) is 41.2 Å². The van der Waals surface area contributed by atoms with Gasteiger partial charge in [-0.1, -0.05) is 29.8 Å². The molecule has 1 amide bonds. The second kappa shape index (κ2) is 8.12. The van der Waals surface area contributed by atoms with Crippen LogP contribution >= 0.6 is 0 Å². The SMILES string of the molecule is Cc1ccc(CCCC(=O)Nc2cc(C)nn2-c2cc(C)nc(C)n2)cc1. The summed E-state index contributed by atoms with van der Waals surface area (Å²) >= 11 is 0. The highest BCUT2D eigenvalue weighted by molar-refractivity contribution is 5.90. The van der Waals surface area contributed by atoms with Crippen LogP contribution in [-0.2, 0) is 11.2 Å². The van der Waals surface area contributed by atoms with Gasteiger partial charge < -0.3 is 5.32 Å². The minimum absolute atomic E-state index is 0.0224. The Kier molecular flexibility index (Phi) is 5.64. The summed E-state index contributed by atoms with van der Waals surface area (Å²) in [6.45, 7) is 7.72. The zero-order valence-electron chi connectivity index (χ0n) is 16.3. The van der Waals surface area contributed by atoms with Gasteiger partial charge in [0.15, 0.2) is 5.82 Å². The van der Waals surface area contributed by atoms with Gasteiger partial charge in [-0.3, -0.25) is 4.79 Å². The Morgan fingerprint density at radius 2 is 1.74 bits per heavy atom. The van der Waals surface area contributed by atoms with Crippen LogP contribution in [0, 0.1) is 27.7 Å². The molecule has 2 heterocycles. The standard InChI is InChI=1S/C21H25N5O/c1-14-8-10-18(11-9-14)6-5-7-21(27)24-20-13-16(3)25-26(20)19-12-15(2)22-17(4)23-19/h8-13H,5-7H2,1-4H3,(H,24,27). The van der Waals surface area contributed by atoms with Crippen molar-refractivity contribution < 1.29 is 4.79 Å². The van der Waals surface area contributed by atoms with Crippen LogP contribution in [-0.4, -0.2) is 25.7 Å². The van der Waals surface area contributed by atoms with Crippen LogP contribution in [0.5, 0.6) is 0 Å². The monoisotopic (exact) mass is 363 g/mol. The molecule has 0 aliphatic heterocycles. The summed E-state index contributed by atoms with van der Waals surface area (Å²) in [7, 11) is 0. The number of aromatic nitrogens is 4. The van der Waals surface area contributed by atoms with Crippen molar-refractivity contribution in [3.8, 4) is 5.82 Å². The van der Waals surface area contributed by atoms with Crippen molar-refractivity contribution >= 4 is 11.7 Å². The van der Waals surface area contributed by atoms with Gasteiger partial charge in [0, 0.05) is 24.2 Å². The summed E-state index contributed by atoms with van der Waals surface area (Å²) in [5.41, 5.74) is 4.18. The van der Waals surface area contributed by atoms with E-state index in [0.717, 1.165) is 24.2 Å². The van der Waals surface area contributed by atoms with Gasteiger partial charge >= 0.3 is 0 Å². The maximum Gasteiger partial charge on any atom is 0.225 e. The van der Waals surface area contributed by atoms with Crippen molar-refractivity contribution in [3.05, 3.63) is 64.7 Å². The minimum Gasteiger partial charge on any atom is -0.311 e. The lowest BCUT2D eigenvalue weighted by Crippen LogP contribution is -2.15. The van der Waals surface area contributed by atoms with E-state index >= 15 is 0 Å². The number of hydrogen-bond donors (Lipinski definition) is 1. The third-order valence-corrected chi connectivity index (χ3v) is 4.26. The zero-order valence-corrected chi connectivity index (χ0v) is 16.3. The number of rotatable bonds is 6. The molecule has 0 bridgehead atoms. The number of carbonyl (C=O) groups is 1. The second-order valence-electron chi connectivity index (χ2n) is 6.88. The molecular formula is C21H25N5O. The van der Waals surface area contributed by atoms with Gasteiger partial charge in [0.05, 0.1) is 5.69 Å². The Labute approximate surface area is 159 Å². The molecule has 6 nitrogen and oxygen atoms in total. The fourth-order valence-corrected chi connectivity index (χ4v) is 2.98. The summed E-state index contributed by atoms with van der Waals surface area (Å²) in [6.07, 6.45) is 2.14. The molecule has 0 aliphatic carbocycles. The van der Waals surface area contributed by atoms with Gasteiger partial charge in [-0.25, -0.2) is 9.97 Å². The first-order valence-corrected chi connectivity index (χ1v) is 9.15. The summed E-state index contributed by atoms with van der Waals surface area (Å²) < 4.78 is 1.66. The summed E-state index contributed by atoms with van der Waals surface area (Å²) in [5, 5.41) is 7.43. The first-order chi connectivity index (χ1) is 12.9. The van der Waals surface area contributed by atoms with Crippen molar-refractivity contribution in [2.45, 2.75) is 47.0 Å². The third-order valence-electron chi connectivity index (χ3n) is 4.26. The quantitative estimate of drug-likeness (QED) is 0.722. The van der Waals surface area contributed by atoms with E-state index < -0.39 is 0 Å². The summed E-state index contributed by atoms with van der Waals surface area (Å²) in [6, 6.07) is 12.1. The molecule has 0 radical (unpaired) electrons. The maximum atomic E-state index is 12.4. The van der Waals surface area contributed by atoms with E-state index in [2.05, 4.69) is 51.6 Å². The number of nitrogens with one attached hydrogen (secondary N) is 1. The molecule has 0 spiro atoms. The van der Waals surface area contributed by atoms with Crippen molar-refractivity contribution in [3.63, 3.8) is 0 Å². The van der Waals surface area contributed by atoms with E-state index in [-0.39, 0.29) is 5.91 Å². The van der Waals surface area contributed by atoms with Gasteiger partial charge in [0.25, 0.3) is 0 Å². The average molecular weight is 363 g/mol. The molecule has 0 saturated carbocycles. The topological polar surface area (TPSA) is 72.7 Å². The van der Waals surface area contributed by atoms with E-state index in [1.807, 2.05) is 32.9 Å². The number of anilines is 1. The smallest absolute Gasteiger partial charge is 0.225 e. The van der Waals surface area contributed by atoms with Crippen LogP contribution in [0.15, 0.2) is 36.4 Å². The molecule has 2 aromatic heterocycles. The summed E-state index contributed by atoms with van der Waals surface area (Å²) in [5.74, 6) is 1.94. The number of nitrogens with zero attached hydrogens (tertiary/aromatic N) is 4. The van der Waals surface area contributed by atoms with Crippen LogP contribution in [0.25, 0.3) is 5.82 Å². The maximum absolute atomic E-state index is 12.4. The highest BCUT2D eigenvalue weighted by Crippen LogP contribution is 2.17. The molecule has 6 heteroatoms. The number of hydrogen-bond acceptors (Lipinski definition) is 4. The fraction of sp³-hybridized carbons (Fsp3) is 0.333. The normalized spacial score (nSPS) is 10.8. The van der Waals surface area contributed by atoms with E-state index in [1.165, 1.54) is 11.1 Å². The first kappa shape index (κ1) is 18.8. The molecule has 1 aromatic carbocycles. The van der Waals surface area contributed by atoms with Crippen LogP contribution in [0.4, 0.5) is 5.82 Å². The molecule has 0 fully saturated rings. The Morgan fingerprint density at radius 1 is 1.00 bits per heavy atom. The molecule has 0 unspecified atom stereocenters. The number of carbonyl (C=O) groups excluding carboxylic acids is 1. The van der Waals surface area contributed by atoms with Crippen LogP contribution in [0.2, 0.25) is 0 Å². The number of benzene rings is 1. The van der Waals surface area contributed by atoms with Crippen molar-refractivity contribution in [2.75, 3.05) is 5.32 Å². The molecular weight excluding hydrogens is 338 g/mol. The highest BCUT2D eigenvalue weighted by atomic mass is 16.1. The Bertz CT molecular complexity index is 923. The van der Waals surface area contributed by atoms with Gasteiger partial charge in [-0.2, -0.15) is 9.78 Å². The highest BCUT2D eigenvalue weighted by Gasteiger charge is 2.13. The first-order valence-electron chi connectivity index (χ1n) is 9.15. The Balaban J connectivity index is 1.65. The Hall–Kier alpha value is -3.02. The summed E-state index contributed by atoms with van der Waals surface area (Å²) in [4.78, 5) is 21.1. The van der Waals surface area contributed by atoms with Crippen LogP contribution < -0.4 is 5.32 Å². The molecule has 27 heavy (non-hydrogen) atoms. The van der Waals surface area contributed by atoms with Gasteiger partial charge in [-0.15, -0.1) is 0 Å². The van der Waals surface area contributed by atoms with Crippen molar-refractivity contribution in [2.24, 2.45) is 0 Å². The van der Waals surface area contributed by atoms with Crippen molar-refractivity contribution in [1.82, 2.24) is 19.7 Å². The molecule has 3 aromatic rings. The lowest BCUT2D eigenvalue weighted by Gasteiger charge is -2.09. The lowest BCUT2D eigenvalue weighted by molar-refractivity contribution is -0.116. The molecule has 0 saturated heterocycles. The minimum atomic E-state index is -0.0224. The molecule has 140 valence electrons. The fourth-order valence-electron chi connectivity index (χ4n) is 2.98.